The molecule has 2 N–H and O–H groups in total. The Bertz CT molecular complexity index is 451. The summed E-state index contributed by atoms with van der Waals surface area (Å²) in [6, 6.07) is 4.25. The van der Waals surface area contributed by atoms with Gasteiger partial charge in [-0.25, -0.2) is 4.79 Å². The van der Waals surface area contributed by atoms with Crippen molar-refractivity contribution in [2.75, 3.05) is 14.2 Å². The van der Waals surface area contributed by atoms with Crippen LogP contribution in [0.2, 0.25) is 0 Å². The molecular weight excluding hydrogens is 246 g/mol. The van der Waals surface area contributed by atoms with Crippen LogP contribution in [-0.2, 0) is 9.53 Å². The lowest BCUT2D eigenvalue weighted by atomic mass is 10.1. The number of nitrogens with two attached hydrogens (primary N) is 1. The van der Waals surface area contributed by atoms with Crippen LogP contribution in [0.25, 0.3) is 0 Å². The Morgan fingerprint density at radius 2 is 1.74 bits per heavy atom. The van der Waals surface area contributed by atoms with Gasteiger partial charge in [0.2, 0.25) is 0 Å². The van der Waals surface area contributed by atoms with Crippen molar-refractivity contribution in [3.8, 4) is 11.5 Å². The minimum atomic E-state index is -0.848. The summed E-state index contributed by atoms with van der Waals surface area (Å²) in [5, 5.41) is 0. The first-order valence-electron chi connectivity index (χ1n) is 5.99. The van der Waals surface area contributed by atoms with Crippen molar-refractivity contribution < 1.29 is 19.0 Å². The molecule has 0 spiro atoms. The highest BCUT2D eigenvalue weighted by atomic mass is 16.6. The standard InChI is InChI=1S/C14H21NO4/c1-14(2,3)19-13(16)12(15)9-6-7-10(17-4)11(8-9)18-5/h6-8,12H,15H2,1-5H3/t12-/m1/s1. The lowest BCUT2D eigenvalue weighted by Gasteiger charge is -2.22. The molecule has 106 valence electrons. The van der Waals surface area contributed by atoms with E-state index < -0.39 is 17.6 Å². The number of methoxy groups -OCH3 is 2. The molecule has 0 saturated carbocycles. The van der Waals surface area contributed by atoms with Crippen LogP contribution in [0.3, 0.4) is 0 Å². The molecule has 1 atom stereocenters. The molecule has 5 heteroatoms. The first-order chi connectivity index (χ1) is 8.78. The summed E-state index contributed by atoms with van der Waals surface area (Å²) in [7, 11) is 3.08. The second kappa shape index (κ2) is 5.93. The van der Waals surface area contributed by atoms with Crippen LogP contribution >= 0.6 is 0 Å². The van der Waals surface area contributed by atoms with Gasteiger partial charge in [0, 0.05) is 0 Å². The number of carbonyl (C=O) groups excluding carboxylic acids is 1. The Hall–Kier alpha value is -1.75. The summed E-state index contributed by atoms with van der Waals surface area (Å²) in [6.07, 6.45) is 0. The smallest absolute Gasteiger partial charge is 0.328 e. The third-order valence-electron chi connectivity index (χ3n) is 2.43. The van der Waals surface area contributed by atoms with E-state index in [1.54, 1.807) is 46.1 Å². The van der Waals surface area contributed by atoms with Crippen molar-refractivity contribution in [3.63, 3.8) is 0 Å². The van der Waals surface area contributed by atoms with Gasteiger partial charge in [-0.3, -0.25) is 0 Å². The molecule has 0 aliphatic heterocycles. The molecule has 1 aromatic rings. The minimum absolute atomic E-state index is 0.472. The van der Waals surface area contributed by atoms with E-state index in [-0.39, 0.29) is 0 Å². The van der Waals surface area contributed by atoms with Crippen LogP contribution in [0, 0.1) is 0 Å². The molecule has 0 amide bonds. The zero-order valence-electron chi connectivity index (χ0n) is 12.0. The molecular formula is C14H21NO4. The van der Waals surface area contributed by atoms with Crippen LogP contribution in [0.15, 0.2) is 18.2 Å². The molecule has 5 nitrogen and oxygen atoms in total. The van der Waals surface area contributed by atoms with Gasteiger partial charge in [-0.2, -0.15) is 0 Å². The average molecular weight is 267 g/mol. The van der Waals surface area contributed by atoms with Crippen molar-refractivity contribution in [3.05, 3.63) is 23.8 Å². The molecule has 0 unspecified atom stereocenters. The quantitative estimate of drug-likeness (QED) is 0.845. The number of hydrogen-bond acceptors (Lipinski definition) is 5. The third kappa shape index (κ3) is 4.13. The van der Waals surface area contributed by atoms with E-state index >= 15 is 0 Å². The Balaban J connectivity index is 2.94. The van der Waals surface area contributed by atoms with E-state index in [0.29, 0.717) is 17.1 Å². The normalized spacial score (nSPS) is 12.7. The maximum atomic E-state index is 11.9. The van der Waals surface area contributed by atoms with E-state index in [0.717, 1.165) is 0 Å². The van der Waals surface area contributed by atoms with Crippen LogP contribution in [-0.4, -0.2) is 25.8 Å². The predicted molar refractivity (Wildman–Crippen MR) is 72.3 cm³/mol. The Labute approximate surface area is 113 Å². The van der Waals surface area contributed by atoms with Crippen LogP contribution in [0.4, 0.5) is 0 Å². The number of esters is 1. The minimum Gasteiger partial charge on any atom is -0.493 e. The molecule has 1 rings (SSSR count). The summed E-state index contributed by atoms with van der Waals surface area (Å²) in [5.41, 5.74) is 5.94. The van der Waals surface area contributed by atoms with Crippen molar-refractivity contribution in [1.29, 1.82) is 0 Å². The van der Waals surface area contributed by atoms with E-state index in [1.807, 2.05) is 0 Å². The highest BCUT2D eigenvalue weighted by molar-refractivity contribution is 5.78. The van der Waals surface area contributed by atoms with Gasteiger partial charge in [0.05, 0.1) is 14.2 Å². The Morgan fingerprint density at radius 1 is 1.16 bits per heavy atom. The molecule has 0 saturated heterocycles. The summed E-state index contributed by atoms with van der Waals surface area (Å²) < 4.78 is 15.6. The van der Waals surface area contributed by atoms with Crippen molar-refractivity contribution in [2.24, 2.45) is 5.73 Å². The fourth-order valence-electron chi connectivity index (χ4n) is 1.55. The van der Waals surface area contributed by atoms with Crippen molar-refractivity contribution in [1.82, 2.24) is 0 Å². The lowest BCUT2D eigenvalue weighted by molar-refractivity contribution is -0.156. The molecule has 0 bridgehead atoms. The fourth-order valence-corrected chi connectivity index (χ4v) is 1.55. The first kappa shape index (κ1) is 15.3. The summed E-state index contributed by atoms with van der Waals surface area (Å²) in [5.74, 6) is 0.640. The molecule has 0 heterocycles. The molecule has 19 heavy (non-hydrogen) atoms. The lowest BCUT2D eigenvalue weighted by Crippen LogP contribution is -2.31. The van der Waals surface area contributed by atoms with Gasteiger partial charge in [0.25, 0.3) is 0 Å². The average Bonchev–Trinajstić information content (AvgIpc) is 2.34. The summed E-state index contributed by atoms with van der Waals surface area (Å²) >= 11 is 0. The fraction of sp³-hybridized carbons (Fsp3) is 0.500. The third-order valence-corrected chi connectivity index (χ3v) is 2.43. The van der Waals surface area contributed by atoms with Crippen molar-refractivity contribution >= 4 is 5.97 Å². The van der Waals surface area contributed by atoms with Gasteiger partial charge in [0.15, 0.2) is 11.5 Å². The number of carbonyl (C=O) groups is 1. The van der Waals surface area contributed by atoms with Gasteiger partial charge >= 0.3 is 5.97 Å². The predicted octanol–water partition coefficient (Wildman–Crippen LogP) is 2.05. The molecule has 0 aromatic heterocycles. The van der Waals surface area contributed by atoms with E-state index in [9.17, 15) is 4.79 Å². The zero-order chi connectivity index (χ0) is 14.6. The maximum absolute atomic E-state index is 11.9. The highest BCUT2D eigenvalue weighted by Gasteiger charge is 2.24. The maximum Gasteiger partial charge on any atom is 0.328 e. The Morgan fingerprint density at radius 3 is 2.21 bits per heavy atom. The van der Waals surface area contributed by atoms with Crippen LogP contribution < -0.4 is 15.2 Å². The SMILES string of the molecule is COc1ccc([C@@H](N)C(=O)OC(C)(C)C)cc1OC. The molecule has 0 radical (unpaired) electrons. The second-order valence-electron chi connectivity index (χ2n) is 5.13. The molecule has 0 fully saturated rings. The molecule has 0 aliphatic rings. The number of rotatable bonds is 4. The van der Waals surface area contributed by atoms with Gasteiger partial charge in [-0.15, -0.1) is 0 Å². The monoisotopic (exact) mass is 267 g/mol. The van der Waals surface area contributed by atoms with Crippen molar-refractivity contribution in [2.45, 2.75) is 32.4 Å². The second-order valence-corrected chi connectivity index (χ2v) is 5.13. The van der Waals surface area contributed by atoms with E-state index in [2.05, 4.69) is 0 Å². The van der Waals surface area contributed by atoms with Gasteiger partial charge in [0.1, 0.15) is 11.6 Å². The topological polar surface area (TPSA) is 70.8 Å². The van der Waals surface area contributed by atoms with Crippen LogP contribution in [0.1, 0.15) is 32.4 Å². The molecule has 0 aliphatic carbocycles. The van der Waals surface area contributed by atoms with Gasteiger partial charge in [-0.1, -0.05) is 6.07 Å². The summed E-state index contributed by atoms with van der Waals surface area (Å²) in [4.78, 5) is 11.9. The van der Waals surface area contributed by atoms with E-state index in [1.165, 1.54) is 7.11 Å². The van der Waals surface area contributed by atoms with Crippen LogP contribution in [0.5, 0.6) is 11.5 Å². The number of benzene rings is 1. The number of ether oxygens (including phenoxy) is 3. The highest BCUT2D eigenvalue weighted by Crippen LogP contribution is 2.30. The van der Waals surface area contributed by atoms with Gasteiger partial charge in [-0.05, 0) is 38.5 Å². The molecule has 1 aromatic carbocycles. The first-order valence-corrected chi connectivity index (χ1v) is 5.99. The Kier molecular flexibility index (Phi) is 4.78. The van der Waals surface area contributed by atoms with E-state index in [4.69, 9.17) is 19.9 Å². The largest absolute Gasteiger partial charge is 0.493 e. The summed E-state index contributed by atoms with van der Waals surface area (Å²) in [6.45, 7) is 5.39. The number of hydrogen-bond donors (Lipinski definition) is 1. The van der Waals surface area contributed by atoms with Gasteiger partial charge < -0.3 is 19.9 Å². The zero-order valence-corrected chi connectivity index (χ0v) is 12.0.